The average Bonchev–Trinajstić information content (AvgIpc) is 4.10. The maximum Gasteiger partial charge on any atom is 0.137 e. The van der Waals surface area contributed by atoms with Gasteiger partial charge in [-0.15, -0.1) is 0 Å². The Kier molecular flexibility index (Phi) is 9.06. The number of nitrogens with zero attached hydrogens (tertiary/aromatic N) is 6. The monoisotopic (exact) mass is 856 g/mol. The normalized spacial score (nSPS) is 11.6. The summed E-state index contributed by atoms with van der Waals surface area (Å²) >= 11 is 0. The highest BCUT2D eigenvalue weighted by Gasteiger charge is 2.20. The molecule has 6 heteroatoms. The van der Waals surface area contributed by atoms with E-state index < -0.39 is 0 Å². The molecule has 6 nitrogen and oxygen atoms in total. The predicted octanol–water partition coefficient (Wildman–Crippen LogP) is 15.1. The molecule has 13 rings (SSSR count). The first-order valence-electron chi connectivity index (χ1n) is 22.6. The van der Waals surface area contributed by atoms with Crippen LogP contribution in [0, 0.1) is 0 Å². The van der Waals surface area contributed by atoms with Crippen molar-refractivity contribution >= 4 is 33.1 Å². The fourth-order valence-corrected chi connectivity index (χ4v) is 9.73. The van der Waals surface area contributed by atoms with Crippen LogP contribution in [-0.4, -0.2) is 28.3 Å². The molecule has 0 atom stereocenters. The van der Waals surface area contributed by atoms with Gasteiger partial charge in [-0.25, -0.2) is 15.0 Å². The lowest BCUT2D eigenvalue weighted by molar-refractivity contribution is 1.18. The van der Waals surface area contributed by atoms with Gasteiger partial charge in [-0.05, 0) is 71.8 Å². The van der Waals surface area contributed by atoms with Gasteiger partial charge < -0.3 is 4.57 Å². The molecule has 314 valence electrons. The fourth-order valence-electron chi connectivity index (χ4n) is 9.73. The molecule has 6 aromatic heterocycles. The molecule has 0 aliphatic carbocycles. The minimum Gasteiger partial charge on any atom is -0.309 e. The third kappa shape index (κ3) is 6.62. The third-order valence-electron chi connectivity index (χ3n) is 12.9. The second-order valence-electron chi connectivity index (χ2n) is 16.9. The van der Waals surface area contributed by atoms with E-state index in [0.29, 0.717) is 0 Å². The number of hydrogen-bond acceptors (Lipinski definition) is 3. The molecule has 0 radical (unpaired) electrons. The molecule has 6 heterocycles. The smallest absolute Gasteiger partial charge is 0.137 e. The second kappa shape index (κ2) is 15.8. The Balaban J connectivity index is 0.964. The van der Waals surface area contributed by atoms with Crippen molar-refractivity contribution in [2.75, 3.05) is 0 Å². The van der Waals surface area contributed by atoms with E-state index in [1.807, 2.05) is 24.3 Å². The second-order valence-corrected chi connectivity index (χ2v) is 16.9. The van der Waals surface area contributed by atoms with E-state index >= 15 is 0 Å². The standard InChI is InChI=1S/C61H40N6/c1-4-16-43(17-5-1)58-60(65-36-14-12-24-56(65)63-58)45-30-26-41(27-31-45)52-38-48(47-34-35-51-50-22-10-11-23-54(50)67(55(51)40-47)49-20-8-3-9-21-49)39-53(62-52)42-28-32-46(33-29-42)61-59(44-18-6-2-7-19-44)64-57-25-13-15-37-66(57)61/h1-40H. The van der Waals surface area contributed by atoms with Gasteiger partial charge >= 0.3 is 0 Å². The van der Waals surface area contributed by atoms with Crippen LogP contribution in [0.4, 0.5) is 0 Å². The highest BCUT2D eigenvalue weighted by Crippen LogP contribution is 2.39. The van der Waals surface area contributed by atoms with Crippen LogP contribution in [0.3, 0.4) is 0 Å². The van der Waals surface area contributed by atoms with E-state index in [0.717, 1.165) is 101 Å². The van der Waals surface area contributed by atoms with Crippen molar-refractivity contribution in [2.24, 2.45) is 0 Å². The zero-order valence-electron chi connectivity index (χ0n) is 36.3. The largest absolute Gasteiger partial charge is 0.309 e. The van der Waals surface area contributed by atoms with E-state index in [1.54, 1.807) is 0 Å². The summed E-state index contributed by atoms with van der Waals surface area (Å²) in [5, 5.41) is 2.44. The Morgan fingerprint density at radius 2 is 0.731 bits per heavy atom. The third-order valence-corrected chi connectivity index (χ3v) is 12.9. The molecule has 0 fully saturated rings. The summed E-state index contributed by atoms with van der Waals surface area (Å²) in [5.41, 5.74) is 19.6. The fraction of sp³-hybridized carbons (Fsp3) is 0. The molecular weight excluding hydrogens is 817 g/mol. The molecule has 0 N–H and O–H groups in total. The van der Waals surface area contributed by atoms with Gasteiger partial charge in [-0.1, -0.05) is 170 Å². The van der Waals surface area contributed by atoms with Crippen LogP contribution in [0.2, 0.25) is 0 Å². The Morgan fingerprint density at radius 1 is 0.284 bits per heavy atom. The first-order chi connectivity index (χ1) is 33.2. The molecule has 13 aromatic rings. The maximum atomic E-state index is 5.44. The first kappa shape index (κ1) is 38.3. The number of rotatable bonds is 8. The van der Waals surface area contributed by atoms with E-state index in [4.69, 9.17) is 15.0 Å². The van der Waals surface area contributed by atoms with Crippen LogP contribution in [0.5, 0.6) is 0 Å². The van der Waals surface area contributed by atoms with E-state index in [2.05, 4.69) is 232 Å². The molecule has 0 unspecified atom stereocenters. The van der Waals surface area contributed by atoms with Gasteiger partial charge in [0.1, 0.15) is 11.3 Å². The lowest BCUT2D eigenvalue weighted by atomic mass is 9.97. The number of hydrogen-bond donors (Lipinski definition) is 0. The molecule has 7 aromatic carbocycles. The average molecular weight is 857 g/mol. The highest BCUT2D eigenvalue weighted by molar-refractivity contribution is 6.10. The van der Waals surface area contributed by atoms with Crippen molar-refractivity contribution in [2.45, 2.75) is 0 Å². The van der Waals surface area contributed by atoms with Crippen LogP contribution in [-0.2, 0) is 0 Å². The maximum absolute atomic E-state index is 5.44. The van der Waals surface area contributed by atoms with Gasteiger partial charge in [0.05, 0.1) is 45.2 Å². The molecule has 0 amide bonds. The number of para-hydroxylation sites is 2. The van der Waals surface area contributed by atoms with Crippen molar-refractivity contribution in [3.8, 4) is 84.4 Å². The van der Waals surface area contributed by atoms with Crippen LogP contribution >= 0.6 is 0 Å². The van der Waals surface area contributed by atoms with Crippen LogP contribution in [0.25, 0.3) is 117 Å². The summed E-state index contributed by atoms with van der Waals surface area (Å²) in [6.45, 7) is 0. The molecule has 0 bridgehead atoms. The van der Waals surface area contributed by atoms with Crippen LogP contribution in [0.1, 0.15) is 0 Å². The topological polar surface area (TPSA) is 52.4 Å². The van der Waals surface area contributed by atoms with Crippen molar-refractivity contribution in [1.82, 2.24) is 28.3 Å². The molecular formula is C61H40N6. The number of pyridine rings is 3. The van der Waals surface area contributed by atoms with Crippen LogP contribution in [0.15, 0.2) is 243 Å². The predicted molar refractivity (Wildman–Crippen MR) is 274 cm³/mol. The lowest BCUT2D eigenvalue weighted by Gasteiger charge is -2.13. The number of aromatic nitrogens is 6. The van der Waals surface area contributed by atoms with Crippen molar-refractivity contribution < 1.29 is 0 Å². The summed E-state index contributed by atoms with van der Waals surface area (Å²) in [7, 11) is 0. The summed E-state index contributed by atoms with van der Waals surface area (Å²) < 4.78 is 6.74. The Morgan fingerprint density at radius 3 is 1.28 bits per heavy atom. The quantitative estimate of drug-likeness (QED) is 0.153. The summed E-state index contributed by atoms with van der Waals surface area (Å²) in [4.78, 5) is 15.6. The van der Waals surface area contributed by atoms with E-state index in [9.17, 15) is 0 Å². The Hall–Kier alpha value is -9.13. The molecule has 0 spiro atoms. The van der Waals surface area contributed by atoms with E-state index in [1.165, 1.54) is 16.3 Å². The minimum absolute atomic E-state index is 0.890. The molecule has 0 aliphatic heterocycles. The van der Waals surface area contributed by atoms with Gasteiger partial charge in [0, 0.05) is 62.2 Å². The molecule has 0 saturated heterocycles. The van der Waals surface area contributed by atoms with Gasteiger partial charge in [0.25, 0.3) is 0 Å². The van der Waals surface area contributed by atoms with Gasteiger partial charge in [0.15, 0.2) is 0 Å². The minimum atomic E-state index is 0.890. The molecule has 67 heavy (non-hydrogen) atoms. The van der Waals surface area contributed by atoms with Gasteiger partial charge in [-0.2, -0.15) is 0 Å². The zero-order chi connectivity index (χ0) is 44.3. The molecule has 0 aliphatic rings. The van der Waals surface area contributed by atoms with Crippen molar-refractivity contribution in [3.05, 3.63) is 243 Å². The Labute approximate surface area is 387 Å². The number of fused-ring (bicyclic) bond motifs is 5. The van der Waals surface area contributed by atoms with Gasteiger partial charge in [0.2, 0.25) is 0 Å². The lowest BCUT2D eigenvalue weighted by Crippen LogP contribution is -1.94. The summed E-state index contributed by atoms with van der Waals surface area (Å²) in [6, 6.07) is 81.4. The highest BCUT2D eigenvalue weighted by atomic mass is 15.0. The van der Waals surface area contributed by atoms with Gasteiger partial charge in [-0.3, -0.25) is 8.80 Å². The Bertz CT molecular complexity index is 3760. The molecule has 0 saturated carbocycles. The number of benzene rings is 7. The summed E-state index contributed by atoms with van der Waals surface area (Å²) in [5.74, 6) is 0. The van der Waals surface area contributed by atoms with Crippen LogP contribution < -0.4 is 0 Å². The van der Waals surface area contributed by atoms with E-state index in [-0.39, 0.29) is 0 Å². The van der Waals surface area contributed by atoms with Crippen molar-refractivity contribution in [1.29, 1.82) is 0 Å². The first-order valence-corrected chi connectivity index (χ1v) is 22.6. The van der Waals surface area contributed by atoms with Crippen molar-refractivity contribution in [3.63, 3.8) is 0 Å². The number of imidazole rings is 2. The zero-order valence-corrected chi connectivity index (χ0v) is 36.3. The summed E-state index contributed by atoms with van der Waals surface area (Å²) in [6.07, 6.45) is 4.18. The SMILES string of the molecule is c1ccc(-c2nc3ccccn3c2-c2ccc(-c3cc(-c4ccc5c6ccccc6n(-c6ccccc6)c5c4)cc(-c4ccc(-c5c(-c6ccccc6)nc6ccccn56)cc4)n3)cc2)cc1.